The fourth-order valence-corrected chi connectivity index (χ4v) is 6.19. The van der Waals surface area contributed by atoms with E-state index in [0.717, 1.165) is 27.8 Å². The molecule has 9 nitrogen and oxygen atoms in total. The molecular weight excluding hydrogens is 510 g/mol. The van der Waals surface area contributed by atoms with E-state index in [-0.39, 0.29) is 32.2 Å². The van der Waals surface area contributed by atoms with Crippen LogP contribution in [0, 0.1) is 0 Å². The van der Waals surface area contributed by atoms with E-state index in [2.05, 4.69) is 22.3 Å². The summed E-state index contributed by atoms with van der Waals surface area (Å²) in [4.78, 5) is 41.7. The largest absolute Gasteiger partial charge is 0.479 e. The van der Waals surface area contributed by atoms with E-state index in [4.69, 9.17) is 4.74 Å². The van der Waals surface area contributed by atoms with Gasteiger partial charge in [-0.25, -0.2) is 9.59 Å². The molecule has 9 heteroatoms. The van der Waals surface area contributed by atoms with Crippen molar-refractivity contribution < 1.29 is 29.3 Å². The third kappa shape index (κ3) is 4.61. The van der Waals surface area contributed by atoms with Gasteiger partial charge in [0.05, 0.1) is 13.1 Å². The fourth-order valence-electron chi connectivity index (χ4n) is 6.19. The molecule has 40 heavy (non-hydrogen) atoms. The van der Waals surface area contributed by atoms with Crippen molar-refractivity contribution in [3.05, 3.63) is 95.6 Å². The Balaban J connectivity index is 1.18. The number of benzene rings is 3. The normalized spacial score (nSPS) is 21.3. The van der Waals surface area contributed by atoms with Gasteiger partial charge in [-0.2, -0.15) is 0 Å². The predicted octanol–water partition coefficient (Wildman–Crippen LogP) is 2.83. The number of carbonyl (C=O) groups excluding carboxylic acids is 2. The van der Waals surface area contributed by atoms with Gasteiger partial charge in [-0.3, -0.25) is 9.69 Å². The topological polar surface area (TPSA) is 119 Å². The van der Waals surface area contributed by atoms with Gasteiger partial charge in [0.15, 0.2) is 5.60 Å². The van der Waals surface area contributed by atoms with Crippen molar-refractivity contribution in [2.45, 2.75) is 30.0 Å². The Kier molecular flexibility index (Phi) is 6.56. The summed E-state index contributed by atoms with van der Waals surface area (Å²) < 4.78 is 5.76. The van der Waals surface area contributed by atoms with Gasteiger partial charge in [-0.05, 0) is 34.2 Å². The standard InChI is InChI=1S/C31H31N3O6/c35-27(34-19-31(39,20-34)28(36)37)30(14-15-33(18-30)16-21-8-2-1-3-9-21)32-29(38)40-17-26-24-12-6-4-10-22(24)23-11-5-7-13-25(23)26/h1-13,26,39H,14-20H2,(H,32,38)(H,36,37). The van der Waals surface area contributed by atoms with Crippen LogP contribution < -0.4 is 5.32 Å². The Labute approximate surface area is 232 Å². The molecule has 1 unspecified atom stereocenters. The molecule has 3 N–H and O–H groups in total. The van der Waals surface area contributed by atoms with E-state index in [1.165, 1.54) is 4.90 Å². The van der Waals surface area contributed by atoms with Crippen LogP contribution in [0.15, 0.2) is 78.9 Å². The molecule has 3 aromatic carbocycles. The zero-order valence-electron chi connectivity index (χ0n) is 22.0. The minimum Gasteiger partial charge on any atom is -0.479 e. The van der Waals surface area contributed by atoms with Gasteiger partial charge in [0.2, 0.25) is 5.91 Å². The minimum atomic E-state index is -1.97. The summed E-state index contributed by atoms with van der Waals surface area (Å²) in [6, 6.07) is 26.0. The molecule has 0 aromatic heterocycles. The summed E-state index contributed by atoms with van der Waals surface area (Å²) in [6.07, 6.45) is -0.365. The van der Waals surface area contributed by atoms with Crippen molar-refractivity contribution >= 4 is 18.0 Å². The summed E-state index contributed by atoms with van der Waals surface area (Å²) in [5, 5.41) is 22.4. The van der Waals surface area contributed by atoms with Crippen LogP contribution >= 0.6 is 0 Å². The number of aliphatic carboxylic acids is 1. The first-order valence-electron chi connectivity index (χ1n) is 13.4. The molecule has 1 aliphatic carbocycles. The lowest BCUT2D eigenvalue weighted by Gasteiger charge is -2.46. The van der Waals surface area contributed by atoms with Gasteiger partial charge in [0.25, 0.3) is 0 Å². The van der Waals surface area contributed by atoms with Gasteiger partial charge in [0, 0.05) is 25.6 Å². The number of amides is 2. The highest BCUT2D eigenvalue weighted by molar-refractivity contribution is 5.93. The molecule has 206 valence electrons. The quantitative estimate of drug-likeness (QED) is 0.421. The van der Waals surface area contributed by atoms with Crippen LogP contribution in [0.2, 0.25) is 0 Å². The number of alkyl carbamates (subject to hydrolysis) is 1. The van der Waals surface area contributed by atoms with Gasteiger partial charge >= 0.3 is 12.1 Å². The molecule has 3 aromatic rings. The number of fused-ring (bicyclic) bond motifs is 3. The van der Waals surface area contributed by atoms with E-state index in [9.17, 15) is 24.6 Å². The maximum absolute atomic E-state index is 13.7. The second-order valence-electron chi connectivity index (χ2n) is 11.0. The van der Waals surface area contributed by atoms with Crippen LogP contribution in [0.4, 0.5) is 4.79 Å². The first kappa shape index (κ1) is 26.0. The first-order chi connectivity index (χ1) is 19.3. The van der Waals surface area contributed by atoms with Crippen molar-refractivity contribution in [2.24, 2.45) is 0 Å². The number of carboxylic acid groups (broad SMARTS) is 1. The first-order valence-corrected chi connectivity index (χ1v) is 13.4. The third-order valence-corrected chi connectivity index (χ3v) is 8.28. The molecule has 2 saturated heterocycles. The Hall–Kier alpha value is -4.21. The molecule has 2 fully saturated rings. The van der Waals surface area contributed by atoms with E-state index >= 15 is 0 Å². The highest BCUT2D eigenvalue weighted by atomic mass is 16.5. The molecule has 0 saturated carbocycles. The molecule has 0 spiro atoms. The number of hydrogen-bond donors (Lipinski definition) is 3. The van der Waals surface area contributed by atoms with Crippen LogP contribution in [-0.4, -0.2) is 81.9 Å². The van der Waals surface area contributed by atoms with Gasteiger partial charge in [-0.1, -0.05) is 78.9 Å². The van der Waals surface area contributed by atoms with Crippen LogP contribution in [0.1, 0.15) is 29.0 Å². The van der Waals surface area contributed by atoms with Crippen molar-refractivity contribution in [2.75, 3.05) is 32.8 Å². The number of nitrogens with zero attached hydrogens (tertiary/aromatic N) is 2. The number of aliphatic hydroxyl groups is 1. The molecule has 0 radical (unpaired) electrons. The second-order valence-corrected chi connectivity index (χ2v) is 11.0. The van der Waals surface area contributed by atoms with E-state index in [0.29, 0.717) is 19.5 Å². The SMILES string of the molecule is O=C(NC1(C(=O)N2CC(O)(C(=O)O)C2)CCN(Cc2ccccc2)C1)OCC1c2ccccc2-c2ccccc21. The maximum Gasteiger partial charge on any atom is 0.408 e. The molecule has 0 bridgehead atoms. The molecule has 1 atom stereocenters. The van der Waals surface area contributed by atoms with Crippen molar-refractivity contribution in [1.82, 2.24) is 15.1 Å². The third-order valence-electron chi connectivity index (χ3n) is 8.28. The number of carbonyl (C=O) groups is 3. The monoisotopic (exact) mass is 541 g/mol. The van der Waals surface area contributed by atoms with Gasteiger partial charge in [0.1, 0.15) is 12.1 Å². The number of hydrogen-bond acceptors (Lipinski definition) is 6. The molecular formula is C31H31N3O6. The number of β-amino-alcohol motifs (C(OH)–C–C–N with tert-alkyl or cyclic N) is 1. The molecule has 3 aliphatic rings. The minimum absolute atomic E-state index is 0.111. The number of rotatable bonds is 7. The number of nitrogens with one attached hydrogen (secondary N) is 1. The fraction of sp³-hybridized carbons (Fsp3) is 0.323. The summed E-state index contributed by atoms with van der Waals surface area (Å²) >= 11 is 0. The summed E-state index contributed by atoms with van der Waals surface area (Å²) in [7, 11) is 0. The number of ether oxygens (including phenoxy) is 1. The summed E-state index contributed by atoms with van der Waals surface area (Å²) in [5.41, 5.74) is 2.23. The molecule has 6 rings (SSSR count). The molecule has 2 aliphatic heterocycles. The molecule has 2 heterocycles. The average molecular weight is 542 g/mol. The second kappa shape index (κ2) is 10.1. The zero-order valence-corrected chi connectivity index (χ0v) is 22.0. The Morgan fingerprint density at radius 3 is 2.10 bits per heavy atom. The van der Waals surface area contributed by atoms with E-state index < -0.39 is 29.1 Å². The highest BCUT2D eigenvalue weighted by Crippen LogP contribution is 2.44. The van der Waals surface area contributed by atoms with Gasteiger partial charge < -0.3 is 25.2 Å². The van der Waals surface area contributed by atoms with Crippen LogP contribution in [0.3, 0.4) is 0 Å². The highest BCUT2D eigenvalue weighted by Gasteiger charge is 2.56. The van der Waals surface area contributed by atoms with Crippen LogP contribution in [0.5, 0.6) is 0 Å². The lowest BCUT2D eigenvalue weighted by molar-refractivity contribution is -0.184. The number of carboxylic acids is 1. The average Bonchev–Trinajstić information content (AvgIpc) is 3.49. The predicted molar refractivity (Wildman–Crippen MR) is 146 cm³/mol. The zero-order chi connectivity index (χ0) is 27.9. The number of likely N-dealkylation sites (tertiary alicyclic amines) is 2. The Bertz CT molecular complexity index is 1410. The maximum atomic E-state index is 13.7. The summed E-state index contributed by atoms with van der Waals surface area (Å²) in [6.45, 7) is 0.859. The Morgan fingerprint density at radius 1 is 0.875 bits per heavy atom. The van der Waals surface area contributed by atoms with Crippen LogP contribution in [-0.2, 0) is 20.9 Å². The lowest BCUT2D eigenvalue weighted by Crippen LogP contribution is -2.72. The van der Waals surface area contributed by atoms with E-state index in [1.54, 1.807) is 0 Å². The molecule has 2 amide bonds. The van der Waals surface area contributed by atoms with Gasteiger partial charge in [-0.15, -0.1) is 0 Å². The van der Waals surface area contributed by atoms with Crippen LogP contribution in [0.25, 0.3) is 11.1 Å². The lowest BCUT2D eigenvalue weighted by atomic mass is 9.89. The van der Waals surface area contributed by atoms with Crippen molar-refractivity contribution in [3.8, 4) is 11.1 Å². The van der Waals surface area contributed by atoms with Crippen molar-refractivity contribution in [1.29, 1.82) is 0 Å². The van der Waals surface area contributed by atoms with E-state index in [1.807, 2.05) is 66.7 Å². The summed E-state index contributed by atoms with van der Waals surface area (Å²) in [5.74, 6) is -1.90. The Morgan fingerprint density at radius 2 is 1.48 bits per heavy atom. The smallest absolute Gasteiger partial charge is 0.408 e. The van der Waals surface area contributed by atoms with Crippen molar-refractivity contribution in [3.63, 3.8) is 0 Å².